The van der Waals surface area contributed by atoms with Gasteiger partial charge in [0.1, 0.15) is 0 Å². The van der Waals surface area contributed by atoms with E-state index < -0.39 is 0 Å². The lowest BCUT2D eigenvalue weighted by molar-refractivity contribution is 0.198. The summed E-state index contributed by atoms with van der Waals surface area (Å²) in [5, 5.41) is 0. The van der Waals surface area contributed by atoms with Crippen LogP contribution in [0.15, 0.2) is 0 Å². The van der Waals surface area contributed by atoms with Crippen LogP contribution in [0.1, 0.15) is 27.7 Å². The van der Waals surface area contributed by atoms with Gasteiger partial charge in [0.25, 0.3) is 0 Å². The molecule has 0 aromatic rings. The third kappa shape index (κ3) is 1.96. The van der Waals surface area contributed by atoms with E-state index in [0.29, 0.717) is 12.5 Å². The zero-order valence-corrected chi connectivity index (χ0v) is 7.52. The molecule has 0 saturated heterocycles. The van der Waals surface area contributed by atoms with Gasteiger partial charge in [-0.1, -0.05) is 27.7 Å². The van der Waals surface area contributed by atoms with E-state index >= 15 is 0 Å². The minimum absolute atomic E-state index is 0.118. The average Bonchev–Trinajstić information content (AvgIpc) is 1.86. The summed E-state index contributed by atoms with van der Waals surface area (Å²) in [6.07, 6.45) is 0. The van der Waals surface area contributed by atoms with Crippen LogP contribution in [0, 0.1) is 11.3 Å². The van der Waals surface area contributed by atoms with Crippen molar-refractivity contribution in [3.63, 3.8) is 0 Å². The first kappa shape index (κ1) is 9.92. The predicted molar refractivity (Wildman–Crippen MR) is 45.6 cm³/mol. The molecule has 0 aliphatic heterocycles. The van der Waals surface area contributed by atoms with Crippen molar-refractivity contribution in [1.29, 1.82) is 0 Å². The van der Waals surface area contributed by atoms with E-state index in [9.17, 15) is 0 Å². The summed E-state index contributed by atoms with van der Waals surface area (Å²) in [5.41, 5.74) is 11.5. The van der Waals surface area contributed by atoms with Crippen LogP contribution in [-0.4, -0.2) is 12.6 Å². The molecule has 10 heavy (non-hydrogen) atoms. The maximum atomic E-state index is 5.83. The summed E-state index contributed by atoms with van der Waals surface area (Å²) < 4.78 is 0. The predicted octanol–water partition coefficient (Wildman–Crippen LogP) is 0.955. The van der Waals surface area contributed by atoms with Gasteiger partial charge in [0.2, 0.25) is 0 Å². The molecule has 0 heterocycles. The van der Waals surface area contributed by atoms with Crippen molar-refractivity contribution in [3.05, 3.63) is 0 Å². The van der Waals surface area contributed by atoms with Gasteiger partial charge in [-0.15, -0.1) is 0 Å². The standard InChI is InChI=1S/C8H20N2/c1-6(2)8(3,4)7(10)5-9/h6-7H,5,9-10H2,1-4H3. The van der Waals surface area contributed by atoms with E-state index in [-0.39, 0.29) is 11.5 Å². The van der Waals surface area contributed by atoms with Gasteiger partial charge in [0.15, 0.2) is 0 Å². The fourth-order valence-corrected chi connectivity index (χ4v) is 0.732. The van der Waals surface area contributed by atoms with E-state index in [1.54, 1.807) is 0 Å². The monoisotopic (exact) mass is 144 g/mol. The smallest absolute Gasteiger partial charge is 0.0217 e. The lowest BCUT2D eigenvalue weighted by Crippen LogP contribution is -2.46. The molecule has 0 amide bonds. The van der Waals surface area contributed by atoms with E-state index in [4.69, 9.17) is 11.5 Å². The van der Waals surface area contributed by atoms with Crippen molar-refractivity contribution in [2.75, 3.05) is 6.54 Å². The molecule has 2 nitrogen and oxygen atoms in total. The molecule has 0 spiro atoms. The first-order valence-corrected chi connectivity index (χ1v) is 3.88. The van der Waals surface area contributed by atoms with E-state index in [1.165, 1.54) is 0 Å². The molecule has 0 rings (SSSR count). The summed E-state index contributed by atoms with van der Waals surface area (Å²) in [4.78, 5) is 0. The first-order valence-electron chi connectivity index (χ1n) is 3.88. The van der Waals surface area contributed by atoms with Gasteiger partial charge in [-0.3, -0.25) is 0 Å². The molecule has 4 N–H and O–H groups in total. The second kappa shape index (κ2) is 3.35. The minimum atomic E-state index is 0.118. The van der Waals surface area contributed by atoms with Crippen LogP contribution in [0.2, 0.25) is 0 Å². The van der Waals surface area contributed by atoms with Crippen molar-refractivity contribution < 1.29 is 0 Å². The summed E-state index contributed by atoms with van der Waals surface area (Å²) in [5.74, 6) is 0.589. The van der Waals surface area contributed by atoms with Crippen LogP contribution >= 0.6 is 0 Å². The van der Waals surface area contributed by atoms with Gasteiger partial charge in [-0.25, -0.2) is 0 Å². The second-order valence-electron chi connectivity index (χ2n) is 3.82. The third-order valence-corrected chi connectivity index (χ3v) is 2.70. The number of rotatable bonds is 3. The van der Waals surface area contributed by atoms with Gasteiger partial charge in [-0.05, 0) is 11.3 Å². The molecule has 62 valence electrons. The molecular weight excluding hydrogens is 124 g/mol. The van der Waals surface area contributed by atoms with Crippen molar-refractivity contribution in [1.82, 2.24) is 0 Å². The highest BCUT2D eigenvalue weighted by Gasteiger charge is 2.28. The lowest BCUT2D eigenvalue weighted by atomic mass is 9.75. The molecular formula is C8H20N2. The molecule has 0 bridgehead atoms. The highest BCUT2D eigenvalue weighted by atomic mass is 14.8. The zero-order chi connectivity index (χ0) is 8.36. The first-order chi connectivity index (χ1) is 4.42. The zero-order valence-electron chi connectivity index (χ0n) is 7.52. The molecule has 0 aliphatic rings. The highest BCUT2D eigenvalue weighted by molar-refractivity contribution is 4.84. The van der Waals surface area contributed by atoms with E-state index in [0.717, 1.165) is 0 Å². The Balaban J connectivity index is 4.09. The Labute approximate surface area is 64.0 Å². The van der Waals surface area contributed by atoms with Crippen LogP contribution in [-0.2, 0) is 0 Å². The fourth-order valence-electron chi connectivity index (χ4n) is 0.732. The molecule has 0 aromatic heterocycles. The SMILES string of the molecule is CC(C)C(C)(C)C(N)CN. The van der Waals surface area contributed by atoms with E-state index in [1.807, 2.05) is 0 Å². The highest BCUT2D eigenvalue weighted by Crippen LogP contribution is 2.28. The van der Waals surface area contributed by atoms with Crippen LogP contribution in [0.25, 0.3) is 0 Å². The third-order valence-electron chi connectivity index (χ3n) is 2.70. The molecule has 1 atom stereocenters. The maximum Gasteiger partial charge on any atom is 0.0217 e. The van der Waals surface area contributed by atoms with Crippen LogP contribution in [0.3, 0.4) is 0 Å². The molecule has 2 heteroatoms. The molecule has 0 aliphatic carbocycles. The summed E-state index contributed by atoms with van der Waals surface area (Å²) in [6.45, 7) is 9.25. The van der Waals surface area contributed by atoms with Gasteiger partial charge >= 0.3 is 0 Å². The Morgan fingerprint density at radius 1 is 1.30 bits per heavy atom. The topological polar surface area (TPSA) is 52.0 Å². The summed E-state index contributed by atoms with van der Waals surface area (Å²) in [7, 11) is 0. The van der Waals surface area contributed by atoms with Gasteiger partial charge in [0, 0.05) is 12.6 Å². The Morgan fingerprint density at radius 3 is 1.80 bits per heavy atom. The number of hydrogen-bond donors (Lipinski definition) is 2. The second-order valence-corrected chi connectivity index (χ2v) is 3.82. The van der Waals surface area contributed by atoms with Crippen molar-refractivity contribution >= 4 is 0 Å². The Hall–Kier alpha value is -0.0800. The average molecular weight is 144 g/mol. The molecule has 0 aromatic carbocycles. The van der Waals surface area contributed by atoms with Crippen LogP contribution in [0.4, 0.5) is 0 Å². The quantitative estimate of drug-likeness (QED) is 0.619. The van der Waals surface area contributed by atoms with Crippen molar-refractivity contribution in [2.45, 2.75) is 33.7 Å². The van der Waals surface area contributed by atoms with Gasteiger partial charge < -0.3 is 11.5 Å². The Kier molecular flexibility index (Phi) is 3.33. The molecule has 0 fully saturated rings. The Morgan fingerprint density at radius 2 is 1.70 bits per heavy atom. The molecule has 0 saturated carbocycles. The van der Waals surface area contributed by atoms with Crippen molar-refractivity contribution in [3.8, 4) is 0 Å². The van der Waals surface area contributed by atoms with E-state index in [2.05, 4.69) is 27.7 Å². The summed E-state index contributed by atoms with van der Waals surface area (Å²) >= 11 is 0. The Bertz CT molecular complexity index is 97.4. The van der Waals surface area contributed by atoms with Crippen LogP contribution < -0.4 is 11.5 Å². The van der Waals surface area contributed by atoms with Gasteiger partial charge in [-0.2, -0.15) is 0 Å². The lowest BCUT2D eigenvalue weighted by Gasteiger charge is -2.34. The normalized spacial score (nSPS) is 15.9. The van der Waals surface area contributed by atoms with Gasteiger partial charge in [0.05, 0.1) is 0 Å². The largest absolute Gasteiger partial charge is 0.329 e. The fraction of sp³-hybridized carbons (Fsp3) is 1.00. The van der Waals surface area contributed by atoms with Crippen LogP contribution in [0.5, 0.6) is 0 Å². The molecule has 1 unspecified atom stereocenters. The molecule has 0 radical (unpaired) electrons. The summed E-state index contributed by atoms with van der Waals surface area (Å²) in [6, 6.07) is 0.118. The number of nitrogens with two attached hydrogens (primary N) is 2. The minimum Gasteiger partial charge on any atom is -0.329 e. The maximum absolute atomic E-state index is 5.83. The van der Waals surface area contributed by atoms with Crippen molar-refractivity contribution in [2.24, 2.45) is 22.8 Å². The number of hydrogen-bond acceptors (Lipinski definition) is 2.